The summed E-state index contributed by atoms with van der Waals surface area (Å²) in [6.07, 6.45) is 0. The highest BCUT2D eigenvalue weighted by atomic mass is 127. The van der Waals surface area contributed by atoms with Gasteiger partial charge in [-0.15, -0.1) is 24.0 Å². The fourth-order valence-electron chi connectivity index (χ4n) is 0.571. The van der Waals surface area contributed by atoms with E-state index in [9.17, 15) is 0 Å². The number of halogens is 2. The molecule has 0 spiro atoms. The molecule has 0 atom stereocenters. The normalized spacial score (nSPS) is 8.20. The first kappa shape index (κ1) is 10.5. The van der Waals surface area contributed by atoms with Crippen LogP contribution in [0.15, 0.2) is 24.3 Å². The second-order valence-electron chi connectivity index (χ2n) is 1.66. The molecule has 0 N–H and O–H groups in total. The highest BCUT2D eigenvalue weighted by Gasteiger charge is 1.86. The fraction of sp³-hybridized carbons (Fsp3) is 0.143. The Kier molecular flexibility index (Phi) is 5.42. The Balaban J connectivity index is 0.000000810. The molecule has 0 saturated carbocycles. The van der Waals surface area contributed by atoms with E-state index in [0.29, 0.717) is 0 Å². The zero-order chi connectivity index (χ0) is 6.69. The first-order chi connectivity index (χ1) is 4.33. The smallest absolute Gasteiger partial charge is 0.118 e. The van der Waals surface area contributed by atoms with E-state index in [-0.39, 0.29) is 24.0 Å². The van der Waals surface area contributed by atoms with Crippen LogP contribution in [0.4, 0.5) is 0 Å². The molecule has 0 fully saturated rings. The van der Waals surface area contributed by atoms with E-state index < -0.39 is 0 Å². The third-order valence-corrected chi connectivity index (χ3v) is 1.77. The van der Waals surface area contributed by atoms with Crippen molar-refractivity contribution in [3.8, 4) is 5.75 Å². The van der Waals surface area contributed by atoms with E-state index in [1.165, 1.54) is 3.57 Å². The van der Waals surface area contributed by atoms with Gasteiger partial charge in [-0.05, 0) is 46.9 Å². The lowest BCUT2D eigenvalue weighted by atomic mass is 10.3. The third kappa shape index (κ3) is 3.05. The SMILES string of the molecule is COc1ccc(I)cc1.I. The molecule has 0 aliphatic heterocycles. The number of hydrogen-bond donors (Lipinski definition) is 0. The monoisotopic (exact) mass is 362 g/mol. The van der Waals surface area contributed by atoms with E-state index in [2.05, 4.69) is 22.6 Å². The summed E-state index contributed by atoms with van der Waals surface area (Å²) in [5, 5.41) is 0. The van der Waals surface area contributed by atoms with Gasteiger partial charge >= 0.3 is 0 Å². The Morgan fingerprint density at radius 3 is 2.10 bits per heavy atom. The van der Waals surface area contributed by atoms with Crippen LogP contribution in [0.3, 0.4) is 0 Å². The highest BCUT2D eigenvalue weighted by Crippen LogP contribution is 2.11. The molecule has 3 heteroatoms. The summed E-state index contributed by atoms with van der Waals surface area (Å²) in [7, 11) is 1.67. The van der Waals surface area contributed by atoms with Crippen LogP contribution in [0.5, 0.6) is 5.75 Å². The van der Waals surface area contributed by atoms with Crippen LogP contribution in [0, 0.1) is 3.57 Å². The summed E-state index contributed by atoms with van der Waals surface area (Å²) in [4.78, 5) is 0. The van der Waals surface area contributed by atoms with E-state index in [0.717, 1.165) is 5.75 Å². The van der Waals surface area contributed by atoms with Gasteiger partial charge in [0.1, 0.15) is 5.75 Å². The average Bonchev–Trinajstić information content (AvgIpc) is 1.90. The molecule has 0 heterocycles. The topological polar surface area (TPSA) is 9.23 Å². The minimum absolute atomic E-state index is 0. The van der Waals surface area contributed by atoms with Gasteiger partial charge in [0, 0.05) is 3.57 Å². The van der Waals surface area contributed by atoms with Crippen LogP contribution in [0.2, 0.25) is 0 Å². The quantitative estimate of drug-likeness (QED) is 0.699. The summed E-state index contributed by atoms with van der Waals surface area (Å²) in [6.45, 7) is 0. The number of ether oxygens (including phenoxy) is 1. The lowest BCUT2D eigenvalue weighted by molar-refractivity contribution is 0.414. The van der Waals surface area contributed by atoms with E-state index in [4.69, 9.17) is 4.74 Å². The van der Waals surface area contributed by atoms with Crippen LogP contribution in [0.25, 0.3) is 0 Å². The molecule has 0 aromatic heterocycles. The van der Waals surface area contributed by atoms with Gasteiger partial charge < -0.3 is 4.74 Å². The molecule has 1 nitrogen and oxygen atoms in total. The lowest BCUT2D eigenvalue weighted by Gasteiger charge is -1.96. The summed E-state index contributed by atoms with van der Waals surface area (Å²) in [5.41, 5.74) is 0. The minimum Gasteiger partial charge on any atom is -0.497 e. The number of methoxy groups -OCH3 is 1. The maximum atomic E-state index is 4.97. The van der Waals surface area contributed by atoms with Crippen molar-refractivity contribution >= 4 is 46.6 Å². The van der Waals surface area contributed by atoms with Crippen molar-refractivity contribution < 1.29 is 4.74 Å². The third-order valence-electron chi connectivity index (χ3n) is 1.05. The molecule has 10 heavy (non-hydrogen) atoms. The van der Waals surface area contributed by atoms with Gasteiger partial charge in [-0.3, -0.25) is 0 Å². The van der Waals surface area contributed by atoms with Crippen molar-refractivity contribution in [2.75, 3.05) is 7.11 Å². The zero-order valence-electron chi connectivity index (χ0n) is 5.50. The molecule has 0 amide bonds. The fourth-order valence-corrected chi connectivity index (χ4v) is 0.930. The summed E-state index contributed by atoms with van der Waals surface area (Å²) >= 11 is 2.26. The lowest BCUT2D eigenvalue weighted by Crippen LogP contribution is -1.80. The summed E-state index contributed by atoms with van der Waals surface area (Å²) in [6, 6.07) is 7.92. The van der Waals surface area contributed by atoms with E-state index >= 15 is 0 Å². The maximum Gasteiger partial charge on any atom is 0.118 e. The van der Waals surface area contributed by atoms with Gasteiger partial charge in [-0.2, -0.15) is 0 Å². The predicted molar refractivity (Wildman–Crippen MR) is 61.1 cm³/mol. The van der Waals surface area contributed by atoms with E-state index in [1.807, 2.05) is 24.3 Å². The molecule has 56 valence electrons. The molecule has 0 saturated heterocycles. The van der Waals surface area contributed by atoms with Gasteiger partial charge in [-0.25, -0.2) is 0 Å². The van der Waals surface area contributed by atoms with Crippen LogP contribution in [-0.2, 0) is 0 Å². The zero-order valence-corrected chi connectivity index (χ0v) is 9.99. The van der Waals surface area contributed by atoms with Crippen molar-refractivity contribution in [1.29, 1.82) is 0 Å². The van der Waals surface area contributed by atoms with Crippen molar-refractivity contribution in [2.24, 2.45) is 0 Å². The molecule has 1 aromatic carbocycles. The van der Waals surface area contributed by atoms with Gasteiger partial charge in [-0.1, -0.05) is 0 Å². The van der Waals surface area contributed by atoms with Crippen LogP contribution >= 0.6 is 46.6 Å². The minimum atomic E-state index is 0. The molecule has 0 aliphatic rings. The van der Waals surface area contributed by atoms with Crippen molar-refractivity contribution in [2.45, 2.75) is 0 Å². The number of rotatable bonds is 1. The molecule has 1 rings (SSSR count). The van der Waals surface area contributed by atoms with Gasteiger partial charge in [0.2, 0.25) is 0 Å². The maximum absolute atomic E-state index is 4.97. The molecule has 0 aliphatic carbocycles. The standard InChI is InChI=1S/C7H7IO.HI/c1-9-7-4-2-6(8)3-5-7;/h2-5H,1H3;1H. The Morgan fingerprint density at radius 1 is 1.20 bits per heavy atom. The van der Waals surface area contributed by atoms with Gasteiger partial charge in [0.15, 0.2) is 0 Å². The number of benzene rings is 1. The van der Waals surface area contributed by atoms with Gasteiger partial charge in [0.25, 0.3) is 0 Å². The van der Waals surface area contributed by atoms with Crippen molar-refractivity contribution in [1.82, 2.24) is 0 Å². The first-order valence-electron chi connectivity index (χ1n) is 2.62. The Hall–Kier alpha value is 0.480. The van der Waals surface area contributed by atoms with Gasteiger partial charge in [0.05, 0.1) is 7.11 Å². The molecule has 0 unspecified atom stereocenters. The molecule has 1 aromatic rings. The van der Waals surface area contributed by atoms with Crippen LogP contribution in [-0.4, -0.2) is 7.11 Å². The first-order valence-corrected chi connectivity index (χ1v) is 3.70. The Labute approximate surface area is 91.3 Å². The molecule has 0 bridgehead atoms. The molecule has 0 radical (unpaired) electrons. The van der Waals surface area contributed by atoms with Crippen LogP contribution in [0.1, 0.15) is 0 Å². The average molecular weight is 362 g/mol. The number of hydrogen-bond acceptors (Lipinski definition) is 1. The second-order valence-corrected chi connectivity index (χ2v) is 2.90. The Morgan fingerprint density at radius 2 is 1.70 bits per heavy atom. The highest BCUT2D eigenvalue weighted by molar-refractivity contribution is 14.1. The van der Waals surface area contributed by atoms with Crippen molar-refractivity contribution in [3.05, 3.63) is 27.8 Å². The van der Waals surface area contributed by atoms with E-state index in [1.54, 1.807) is 7.11 Å². The van der Waals surface area contributed by atoms with Crippen molar-refractivity contribution in [3.63, 3.8) is 0 Å². The summed E-state index contributed by atoms with van der Waals surface area (Å²) < 4.78 is 6.20. The Bertz CT molecular complexity index is 183. The molecular weight excluding hydrogens is 354 g/mol. The predicted octanol–water partition coefficient (Wildman–Crippen LogP) is 2.92. The molecular formula is C7H8I2O. The summed E-state index contributed by atoms with van der Waals surface area (Å²) in [5.74, 6) is 0.912. The van der Waals surface area contributed by atoms with Crippen LogP contribution < -0.4 is 4.74 Å². The largest absolute Gasteiger partial charge is 0.497 e. The second kappa shape index (κ2) is 5.17.